The van der Waals surface area contributed by atoms with E-state index in [1.54, 1.807) is 0 Å². The first-order valence-electron chi connectivity index (χ1n) is 12.8. The molecule has 0 radical (unpaired) electrons. The Kier molecular flexibility index (Phi) is 7.97. The quantitative estimate of drug-likeness (QED) is 0.280. The first kappa shape index (κ1) is 27.6. The van der Waals surface area contributed by atoms with Crippen LogP contribution in [0.25, 0.3) is 14.9 Å². The third kappa shape index (κ3) is 4.62. The van der Waals surface area contributed by atoms with Gasteiger partial charge in [-0.25, -0.2) is 0 Å². The van der Waals surface area contributed by atoms with E-state index in [-0.39, 0.29) is 30.7 Å². The molecule has 1 unspecified atom stereocenters. The summed E-state index contributed by atoms with van der Waals surface area (Å²) in [5.41, 5.74) is 10.7. The maximum absolute atomic E-state index is 2.42. The second-order valence-corrected chi connectivity index (χ2v) is 11.2. The summed E-state index contributed by atoms with van der Waals surface area (Å²) < 4.78 is 1.46. The van der Waals surface area contributed by atoms with Gasteiger partial charge in [-0.2, -0.15) is 0 Å². The molecule has 0 saturated carbocycles. The third-order valence-electron chi connectivity index (χ3n) is 7.73. The maximum atomic E-state index is 2.42. The SMILES string of the molecule is Cc1ccc2c(c1)C=CC2c1c2c(ccc1=C(c1ccccc1)c1ccccc1)=c1ccccc1=[C]2[Zr+2].[Cl-].[Cl-]. The molecular formula is C36H25Cl2Zr. The fraction of sp³-hybridized carbons (Fsp3) is 0.0556. The second kappa shape index (κ2) is 11.3. The van der Waals surface area contributed by atoms with E-state index < -0.39 is 0 Å². The Bertz CT molecular complexity index is 1900. The number of hydrogen-bond acceptors (Lipinski definition) is 0. The summed E-state index contributed by atoms with van der Waals surface area (Å²) in [5.74, 6) is 0.216. The van der Waals surface area contributed by atoms with E-state index in [9.17, 15) is 0 Å². The molecular weight excluding hydrogens is 595 g/mol. The van der Waals surface area contributed by atoms with Crippen LogP contribution in [0.1, 0.15) is 44.9 Å². The zero-order chi connectivity index (χ0) is 24.9. The maximum Gasteiger partial charge on any atom is -1.00 e. The molecule has 3 heteroatoms. The average molecular weight is 620 g/mol. The van der Waals surface area contributed by atoms with Gasteiger partial charge in [-0.15, -0.1) is 0 Å². The van der Waals surface area contributed by atoms with Gasteiger partial charge in [-0.3, -0.25) is 0 Å². The monoisotopic (exact) mass is 617 g/mol. The van der Waals surface area contributed by atoms with E-state index in [2.05, 4.69) is 134 Å². The van der Waals surface area contributed by atoms with Crippen LogP contribution in [0.3, 0.4) is 0 Å². The zero-order valence-corrected chi connectivity index (χ0v) is 25.4. The van der Waals surface area contributed by atoms with Gasteiger partial charge in [-0.05, 0) is 0 Å². The van der Waals surface area contributed by atoms with Crippen molar-refractivity contribution in [3.05, 3.63) is 181 Å². The molecule has 0 aromatic heterocycles. The van der Waals surface area contributed by atoms with Crippen molar-refractivity contribution < 1.29 is 49.5 Å². The van der Waals surface area contributed by atoms with Crippen molar-refractivity contribution in [2.75, 3.05) is 0 Å². The summed E-state index contributed by atoms with van der Waals surface area (Å²) in [6.07, 6.45) is 4.74. The van der Waals surface area contributed by atoms with Gasteiger partial charge in [0.1, 0.15) is 0 Å². The summed E-state index contributed by atoms with van der Waals surface area (Å²) in [4.78, 5) is 0. The number of allylic oxidation sites excluding steroid dienone is 1. The molecule has 187 valence electrons. The summed E-state index contributed by atoms with van der Waals surface area (Å²) >= 11 is 1.46. The average Bonchev–Trinajstić information content (AvgIpc) is 3.48. The minimum absolute atomic E-state index is 0. The summed E-state index contributed by atoms with van der Waals surface area (Å²) in [6.45, 7) is 2.18. The van der Waals surface area contributed by atoms with E-state index >= 15 is 0 Å². The summed E-state index contributed by atoms with van der Waals surface area (Å²) in [7, 11) is 0. The fourth-order valence-corrected chi connectivity index (χ4v) is 7.29. The minimum Gasteiger partial charge on any atom is -1.00 e. The number of hydrogen-bond donors (Lipinski definition) is 0. The number of fused-ring (bicyclic) bond motifs is 3. The van der Waals surface area contributed by atoms with Crippen LogP contribution in [-0.2, 0) is 24.7 Å². The first-order chi connectivity index (χ1) is 18.2. The fourth-order valence-electron chi connectivity index (χ4n) is 6.09. The molecule has 7 rings (SSSR count). The zero-order valence-electron chi connectivity index (χ0n) is 21.5. The molecule has 0 fully saturated rings. The Morgan fingerprint density at radius 2 is 1.26 bits per heavy atom. The molecule has 0 heterocycles. The summed E-state index contributed by atoms with van der Waals surface area (Å²) in [6, 6.07) is 42.4. The molecule has 5 aromatic rings. The molecule has 0 amide bonds. The predicted molar refractivity (Wildman–Crippen MR) is 149 cm³/mol. The van der Waals surface area contributed by atoms with Crippen molar-refractivity contribution >= 4 is 14.9 Å². The van der Waals surface area contributed by atoms with Crippen molar-refractivity contribution in [3.8, 4) is 0 Å². The Hall–Kier alpha value is -2.96. The van der Waals surface area contributed by atoms with E-state index in [0.29, 0.717) is 0 Å². The number of benzene rings is 5. The van der Waals surface area contributed by atoms with Crippen LogP contribution in [0, 0.1) is 17.4 Å². The molecule has 1 atom stereocenters. The van der Waals surface area contributed by atoms with Crippen LogP contribution >= 0.6 is 0 Å². The third-order valence-corrected chi connectivity index (χ3v) is 9.01. The predicted octanol–water partition coefficient (Wildman–Crippen LogP) is 0.713. The van der Waals surface area contributed by atoms with Crippen molar-refractivity contribution in [2.45, 2.75) is 12.8 Å². The van der Waals surface area contributed by atoms with Gasteiger partial charge in [-0.1, -0.05) is 0 Å². The van der Waals surface area contributed by atoms with E-state index in [1.807, 2.05) is 0 Å². The van der Waals surface area contributed by atoms with Crippen LogP contribution in [0.5, 0.6) is 0 Å². The molecule has 2 aliphatic rings. The van der Waals surface area contributed by atoms with Crippen LogP contribution in [0.2, 0.25) is 0 Å². The summed E-state index contributed by atoms with van der Waals surface area (Å²) in [5, 5.41) is 5.45. The van der Waals surface area contributed by atoms with E-state index in [1.165, 1.54) is 93.4 Å². The minimum atomic E-state index is 0. The molecule has 0 aliphatic heterocycles. The Morgan fingerprint density at radius 3 is 1.92 bits per heavy atom. The molecule has 0 saturated heterocycles. The van der Waals surface area contributed by atoms with E-state index in [0.717, 1.165) is 0 Å². The van der Waals surface area contributed by atoms with Gasteiger partial charge in [0, 0.05) is 0 Å². The molecule has 0 spiro atoms. The topological polar surface area (TPSA) is 0 Å². The Morgan fingerprint density at radius 1 is 0.641 bits per heavy atom. The molecule has 0 bridgehead atoms. The largest absolute Gasteiger partial charge is 1.00 e. The van der Waals surface area contributed by atoms with Crippen molar-refractivity contribution in [2.24, 2.45) is 0 Å². The van der Waals surface area contributed by atoms with Gasteiger partial charge >= 0.3 is 234 Å². The molecule has 2 aliphatic carbocycles. The molecule has 5 aromatic carbocycles. The number of rotatable bonds is 3. The van der Waals surface area contributed by atoms with Crippen molar-refractivity contribution in [1.29, 1.82) is 0 Å². The van der Waals surface area contributed by atoms with Crippen LogP contribution in [0.4, 0.5) is 0 Å². The van der Waals surface area contributed by atoms with Gasteiger partial charge in [0.2, 0.25) is 0 Å². The van der Waals surface area contributed by atoms with Crippen LogP contribution in [-0.4, -0.2) is 0 Å². The van der Waals surface area contributed by atoms with Crippen molar-refractivity contribution in [1.82, 2.24) is 0 Å². The standard InChI is InChI=1S/C36H25.2ClH.Zr/c1-24-16-18-30-28(22-24)17-19-32(30)36-33(21-20-31-29-15-9-8-14-27(29)23-34(31)36)35(25-10-4-2-5-11-25)26-12-6-3-7-13-26;;;/h2-22,32H,1H3;2*1H;/q;;;+2/p-2. The normalized spacial score (nSPS) is 14.1. The van der Waals surface area contributed by atoms with Gasteiger partial charge < -0.3 is 24.8 Å². The molecule has 0 nitrogen and oxygen atoms in total. The van der Waals surface area contributed by atoms with Crippen LogP contribution in [0.15, 0.2) is 121 Å². The van der Waals surface area contributed by atoms with Crippen molar-refractivity contribution in [3.63, 3.8) is 0 Å². The van der Waals surface area contributed by atoms with Crippen LogP contribution < -0.4 is 35.3 Å². The number of aryl methyl sites for hydroxylation is 1. The Balaban J connectivity index is 0.00000154. The van der Waals surface area contributed by atoms with Gasteiger partial charge in [0.15, 0.2) is 0 Å². The van der Waals surface area contributed by atoms with Gasteiger partial charge in [0.05, 0.1) is 0 Å². The Labute approximate surface area is 256 Å². The number of halogens is 2. The van der Waals surface area contributed by atoms with Gasteiger partial charge in [0.25, 0.3) is 0 Å². The molecule has 0 N–H and O–H groups in total. The first-order valence-corrected chi connectivity index (χ1v) is 14.1. The second-order valence-electron chi connectivity index (χ2n) is 9.95. The smallest absolute Gasteiger partial charge is 1.00 e. The van der Waals surface area contributed by atoms with E-state index in [4.69, 9.17) is 0 Å². The molecule has 39 heavy (non-hydrogen) atoms.